The quantitative estimate of drug-likeness (QED) is 0.580. The van der Waals surface area contributed by atoms with Gasteiger partial charge < -0.3 is 0 Å². The fourth-order valence-electron chi connectivity index (χ4n) is 0.931. The summed E-state index contributed by atoms with van der Waals surface area (Å²) in [6.07, 6.45) is 10.9. The molecule has 0 aromatic heterocycles. The Morgan fingerprint density at radius 2 is 2.27 bits per heavy atom. The molecule has 2 heteroatoms. The Morgan fingerprint density at radius 1 is 1.45 bits per heavy atom. The first kappa shape index (κ1) is 8.28. The van der Waals surface area contributed by atoms with Crippen LogP contribution in [0, 0.1) is 0 Å². The zero-order valence-electron chi connectivity index (χ0n) is 6.09. The summed E-state index contributed by atoms with van der Waals surface area (Å²) in [5, 5.41) is -0.292. The van der Waals surface area contributed by atoms with Gasteiger partial charge in [-0.15, -0.1) is 0 Å². The van der Waals surface area contributed by atoms with Crippen molar-refractivity contribution in [2.45, 2.75) is 12.8 Å². The Labute approximate surface area is 71.0 Å². The van der Waals surface area contributed by atoms with Crippen molar-refractivity contribution in [1.82, 2.24) is 0 Å². The van der Waals surface area contributed by atoms with E-state index in [4.69, 9.17) is 11.6 Å². The van der Waals surface area contributed by atoms with Gasteiger partial charge in [0, 0.05) is 6.42 Å². The minimum absolute atomic E-state index is 0.292. The first-order valence-corrected chi connectivity index (χ1v) is 3.86. The Morgan fingerprint density at radius 3 is 3.00 bits per heavy atom. The minimum Gasteiger partial charge on any atom is -0.281 e. The van der Waals surface area contributed by atoms with Crippen molar-refractivity contribution in [3.8, 4) is 0 Å². The van der Waals surface area contributed by atoms with Gasteiger partial charge in [-0.05, 0) is 18.0 Å². The molecule has 1 aliphatic rings. The highest BCUT2D eigenvalue weighted by molar-refractivity contribution is 6.63. The summed E-state index contributed by atoms with van der Waals surface area (Å²) in [6, 6.07) is 0. The van der Waals surface area contributed by atoms with E-state index in [0.717, 1.165) is 12.0 Å². The molecule has 0 saturated heterocycles. The molecule has 1 rings (SSSR count). The van der Waals surface area contributed by atoms with Crippen molar-refractivity contribution in [3.05, 3.63) is 36.0 Å². The van der Waals surface area contributed by atoms with E-state index >= 15 is 0 Å². The Balaban J connectivity index is 2.57. The van der Waals surface area contributed by atoms with Crippen molar-refractivity contribution >= 4 is 16.8 Å². The topological polar surface area (TPSA) is 17.1 Å². The fourth-order valence-corrected chi connectivity index (χ4v) is 1.10. The maximum absolute atomic E-state index is 10.5. The van der Waals surface area contributed by atoms with E-state index in [2.05, 4.69) is 0 Å². The molecule has 11 heavy (non-hydrogen) atoms. The highest BCUT2D eigenvalue weighted by atomic mass is 35.5. The number of hydrogen-bond donors (Lipinski definition) is 0. The third-order valence-electron chi connectivity index (χ3n) is 1.44. The summed E-state index contributed by atoms with van der Waals surface area (Å²) >= 11 is 5.24. The van der Waals surface area contributed by atoms with Crippen molar-refractivity contribution in [2.24, 2.45) is 0 Å². The third kappa shape index (κ3) is 3.19. The Bertz CT molecular complexity index is 236. The first-order valence-electron chi connectivity index (χ1n) is 3.48. The number of carbonyl (C=O) groups excluding carboxylic acids is 1. The second-order valence-electron chi connectivity index (χ2n) is 2.37. The summed E-state index contributed by atoms with van der Waals surface area (Å²) in [6.45, 7) is 0. The van der Waals surface area contributed by atoms with Gasteiger partial charge in [0.1, 0.15) is 0 Å². The van der Waals surface area contributed by atoms with E-state index in [9.17, 15) is 4.79 Å². The normalized spacial score (nSPS) is 15.9. The van der Waals surface area contributed by atoms with E-state index < -0.39 is 0 Å². The summed E-state index contributed by atoms with van der Waals surface area (Å²) < 4.78 is 0. The summed E-state index contributed by atoms with van der Waals surface area (Å²) in [5.74, 6) is 0. The molecule has 0 bridgehead atoms. The monoisotopic (exact) mass is 168 g/mol. The van der Waals surface area contributed by atoms with Gasteiger partial charge in [-0.2, -0.15) is 0 Å². The van der Waals surface area contributed by atoms with Gasteiger partial charge in [-0.1, -0.05) is 36.0 Å². The summed E-state index contributed by atoms with van der Waals surface area (Å²) in [4.78, 5) is 10.5. The van der Waals surface area contributed by atoms with Gasteiger partial charge in [0.2, 0.25) is 5.24 Å². The van der Waals surface area contributed by atoms with E-state index in [0.29, 0.717) is 6.42 Å². The molecule has 0 aromatic carbocycles. The molecule has 0 heterocycles. The molecule has 0 aromatic rings. The average molecular weight is 169 g/mol. The van der Waals surface area contributed by atoms with Crippen LogP contribution in [-0.4, -0.2) is 5.24 Å². The zero-order valence-corrected chi connectivity index (χ0v) is 6.84. The smallest absolute Gasteiger partial charge is 0.225 e. The van der Waals surface area contributed by atoms with Crippen LogP contribution in [0.3, 0.4) is 0 Å². The van der Waals surface area contributed by atoms with Gasteiger partial charge in [0.05, 0.1) is 0 Å². The number of halogens is 1. The number of allylic oxidation sites excluding steroid dienone is 6. The van der Waals surface area contributed by atoms with Crippen LogP contribution in [0.2, 0.25) is 0 Å². The van der Waals surface area contributed by atoms with Gasteiger partial charge >= 0.3 is 0 Å². The number of carbonyl (C=O) groups is 1. The van der Waals surface area contributed by atoms with Crippen molar-refractivity contribution in [1.29, 1.82) is 0 Å². The lowest BCUT2D eigenvalue weighted by atomic mass is 10.1. The molecular formula is C9H9ClO. The van der Waals surface area contributed by atoms with Crippen LogP contribution < -0.4 is 0 Å². The second-order valence-corrected chi connectivity index (χ2v) is 2.80. The Hall–Kier alpha value is -0.820. The van der Waals surface area contributed by atoms with Crippen molar-refractivity contribution in [2.75, 3.05) is 0 Å². The lowest BCUT2D eigenvalue weighted by molar-refractivity contribution is -0.111. The predicted molar refractivity (Wildman–Crippen MR) is 46.5 cm³/mol. The maximum Gasteiger partial charge on any atom is 0.225 e. The fraction of sp³-hybridized carbons (Fsp3) is 0.222. The molecule has 0 atom stereocenters. The highest BCUT2D eigenvalue weighted by Crippen LogP contribution is 2.12. The number of hydrogen-bond acceptors (Lipinski definition) is 1. The largest absolute Gasteiger partial charge is 0.281 e. The standard InChI is InChI=1S/C9H9ClO/c10-9(11)7-8-5-3-1-2-4-6-8/h1-5H,6-7H2. The van der Waals surface area contributed by atoms with Crippen molar-refractivity contribution in [3.63, 3.8) is 0 Å². The van der Waals surface area contributed by atoms with Crippen LogP contribution in [0.5, 0.6) is 0 Å². The molecule has 1 nitrogen and oxygen atoms in total. The molecule has 0 saturated carbocycles. The maximum atomic E-state index is 10.5. The molecule has 1 aliphatic carbocycles. The molecule has 0 radical (unpaired) electrons. The molecule has 0 spiro atoms. The van der Waals surface area contributed by atoms with Gasteiger partial charge in [0.25, 0.3) is 0 Å². The van der Waals surface area contributed by atoms with Gasteiger partial charge in [-0.3, -0.25) is 4.79 Å². The molecule has 0 unspecified atom stereocenters. The molecule has 0 aliphatic heterocycles. The zero-order chi connectivity index (χ0) is 8.10. The number of rotatable bonds is 2. The lowest BCUT2D eigenvalue weighted by Crippen LogP contribution is -1.89. The van der Waals surface area contributed by atoms with Gasteiger partial charge in [-0.25, -0.2) is 0 Å². The van der Waals surface area contributed by atoms with Crippen LogP contribution >= 0.6 is 11.6 Å². The molecule has 58 valence electrons. The van der Waals surface area contributed by atoms with Crippen LogP contribution in [0.4, 0.5) is 0 Å². The second kappa shape index (κ2) is 4.14. The Kier molecular flexibility index (Phi) is 3.12. The average Bonchev–Trinajstić information content (AvgIpc) is 2.14. The lowest BCUT2D eigenvalue weighted by Gasteiger charge is -1.96. The van der Waals surface area contributed by atoms with E-state index in [1.54, 1.807) is 0 Å². The van der Waals surface area contributed by atoms with E-state index in [1.807, 2.05) is 30.4 Å². The highest BCUT2D eigenvalue weighted by Gasteiger charge is 2.00. The van der Waals surface area contributed by atoms with Crippen molar-refractivity contribution < 1.29 is 4.79 Å². The van der Waals surface area contributed by atoms with Crippen LogP contribution in [0.25, 0.3) is 0 Å². The molecule has 0 fully saturated rings. The van der Waals surface area contributed by atoms with E-state index in [1.165, 1.54) is 0 Å². The predicted octanol–water partition coefficient (Wildman–Crippen LogP) is 2.58. The summed E-state index contributed by atoms with van der Waals surface area (Å²) in [7, 11) is 0. The molecule has 0 N–H and O–H groups in total. The minimum atomic E-state index is -0.292. The van der Waals surface area contributed by atoms with Crippen LogP contribution in [-0.2, 0) is 4.79 Å². The van der Waals surface area contributed by atoms with Crippen LogP contribution in [0.1, 0.15) is 12.8 Å². The van der Waals surface area contributed by atoms with Crippen LogP contribution in [0.15, 0.2) is 36.0 Å². The molecular weight excluding hydrogens is 160 g/mol. The van der Waals surface area contributed by atoms with Gasteiger partial charge in [0.15, 0.2) is 0 Å². The van der Waals surface area contributed by atoms with E-state index in [-0.39, 0.29) is 5.24 Å². The summed E-state index contributed by atoms with van der Waals surface area (Å²) in [5.41, 5.74) is 1.06. The SMILES string of the molecule is O=C(Cl)CC1=CC=CC=CC1. The molecule has 0 amide bonds. The first-order chi connectivity index (χ1) is 5.29. The third-order valence-corrected chi connectivity index (χ3v) is 1.57.